The van der Waals surface area contributed by atoms with E-state index in [1.807, 2.05) is 6.92 Å². The standard InChI is InChI=1S/C10H18N4O3S/c1-3-17-8-4-7(5-8)13-18(15,16)9-6-14(2)12-10(9)11/h6-8,13H,3-5H2,1-2H3,(H2,11,12). The van der Waals surface area contributed by atoms with Crippen LogP contribution < -0.4 is 10.5 Å². The lowest BCUT2D eigenvalue weighted by atomic mass is 9.90. The molecule has 1 aromatic heterocycles. The summed E-state index contributed by atoms with van der Waals surface area (Å²) in [5.74, 6) is 0.0191. The Morgan fingerprint density at radius 2 is 2.28 bits per heavy atom. The van der Waals surface area contributed by atoms with Crippen LogP contribution in [0.3, 0.4) is 0 Å². The van der Waals surface area contributed by atoms with E-state index in [1.54, 1.807) is 7.05 Å². The van der Waals surface area contributed by atoms with Gasteiger partial charge in [0.2, 0.25) is 10.0 Å². The van der Waals surface area contributed by atoms with Crippen molar-refractivity contribution in [2.24, 2.45) is 7.05 Å². The van der Waals surface area contributed by atoms with E-state index in [9.17, 15) is 8.42 Å². The molecule has 3 N–H and O–H groups in total. The Morgan fingerprint density at radius 3 is 2.78 bits per heavy atom. The molecule has 0 atom stereocenters. The molecule has 0 radical (unpaired) electrons. The molecule has 102 valence electrons. The highest BCUT2D eigenvalue weighted by Gasteiger charge is 2.34. The summed E-state index contributed by atoms with van der Waals surface area (Å²) in [5, 5.41) is 3.82. The Kier molecular flexibility index (Phi) is 3.60. The van der Waals surface area contributed by atoms with Gasteiger partial charge in [0.1, 0.15) is 4.90 Å². The molecule has 1 aromatic rings. The second kappa shape index (κ2) is 4.87. The normalized spacial score (nSPS) is 23.9. The molecule has 0 spiro atoms. The van der Waals surface area contributed by atoms with Crippen molar-refractivity contribution in [3.63, 3.8) is 0 Å². The van der Waals surface area contributed by atoms with Crippen LogP contribution in [0.15, 0.2) is 11.1 Å². The first kappa shape index (κ1) is 13.3. The summed E-state index contributed by atoms with van der Waals surface area (Å²) in [6.07, 6.45) is 2.96. The molecule has 1 heterocycles. The number of sulfonamides is 1. The topological polar surface area (TPSA) is 99.2 Å². The zero-order chi connectivity index (χ0) is 13.3. The van der Waals surface area contributed by atoms with Crippen LogP contribution in [0.25, 0.3) is 0 Å². The van der Waals surface area contributed by atoms with Gasteiger partial charge in [-0.1, -0.05) is 0 Å². The fraction of sp³-hybridized carbons (Fsp3) is 0.700. The second-order valence-electron chi connectivity index (χ2n) is 4.42. The van der Waals surface area contributed by atoms with Gasteiger partial charge in [0.25, 0.3) is 0 Å². The molecule has 0 aromatic carbocycles. The zero-order valence-corrected chi connectivity index (χ0v) is 11.3. The molecule has 0 aliphatic heterocycles. The van der Waals surface area contributed by atoms with Gasteiger partial charge < -0.3 is 10.5 Å². The van der Waals surface area contributed by atoms with Crippen molar-refractivity contribution < 1.29 is 13.2 Å². The number of ether oxygens (including phenoxy) is 1. The summed E-state index contributed by atoms with van der Waals surface area (Å²) < 4.78 is 33.5. The van der Waals surface area contributed by atoms with Gasteiger partial charge in [-0.25, -0.2) is 13.1 Å². The predicted molar refractivity (Wildman–Crippen MR) is 66.4 cm³/mol. The van der Waals surface area contributed by atoms with Gasteiger partial charge in [-0.05, 0) is 19.8 Å². The van der Waals surface area contributed by atoms with E-state index in [2.05, 4.69) is 9.82 Å². The molecule has 2 rings (SSSR count). The number of hydrogen-bond acceptors (Lipinski definition) is 5. The molecule has 0 saturated heterocycles. The largest absolute Gasteiger partial charge is 0.381 e. The Labute approximate surface area is 106 Å². The summed E-state index contributed by atoms with van der Waals surface area (Å²) in [7, 11) is -1.95. The van der Waals surface area contributed by atoms with Crippen LogP contribution in [-0.4, -0.2) is 37.0 Å². The van der Waals surface area contributed by atoms with Crippen molar-refractivity contribution in [2.45, 2.75) is 36.8 Å². The van der Waals surface area contributed by atoms with Gasteiger partial charge in [-0.2, -0.15) is 5.10 Å². The maximum Gasteiger partial charge on any atom is 0.246 e. The first-order valence-corrected chi connectivity index (χ1v) is 7.33. The first-order valence-electron chi connectivity index (χ1n) is 5.85. The fourth-order valence-corrected chi connectivity index (χ4v) is 3.37. The van der Waals surface area contributed by atoms with Gasteiger partial charge in [-0.15, -0.1) is 0 Å². The lowest BCUT2D eigenvalue weighted by molar-refractivity contribution is -0.00475. The molecule has 18 heavy (non-hydrogen) atoms. The quantitative estimate of drug-likeness (QED) is 0.778. The van der Waals surface area contributed by atoms with E-state index in [4.69, 9.17) is 10.5 Å². The van der Waals surface area contributed by atoms with Crippen LogP contribution in [0.5, 0.6) is 0 Å². The number of nitrogen functional groups attached to an aromatic ring is 1. The number of nitrogens with zero attached hydrogens (tertiary/aromatic N) is 2. The van der Waals surface area contributed by atoms with E-state index in [0.717, 1.165) is 0 Å². The lowest BCUT2D eigenvalue weighted by Gasteiger charge is -2.34. The van der Waals surface area contributed by atoms with E-state index < -0.39 is 10.0 Å². The predicted octanol–water partition coefficient (Wildman–Crippen LogP) is -0.152. The van der Waals surface area contributed by atoms with Gasteiger partial charge in [0, 0.05) is 25.9 Å². The molecule has 0 amide bonds. The molecule has 0 unspecified atom stereocenters. The highest BCUT2D eigenvalue weighted by molar-refractivity contribution is 7.89. The van der Waals surface area contributed by atoms with Gasteiger partial charge in [0.15, 0.2) is 5.82 Å². The maximum atomic E-state index is 12.0. The Morgan fingerprint density at radius 1 is 1.61 bits per heavy atom. The smallest absolute Gasteiger partial charge is 0.246 e. The SMILES string of the molecule is CCOC1CC(NS(=O)(=O)c2cn(C)nc2N)C1. The highest BCUT2D eigenvalue weighted by atomic mass is 32.2. The van der Waals surface area contributed by atoms with Crippen LogP contribution >= 0.6 is 0 Å². The number of aromatic nitrogens is 2. The molecular formula is C10H18N4O3S. The average molecular weight is 274 g/mol. The fourth-order valence-electron chi connectivity index (χ4n) is 2.01. The molecule has 1 aliphatic rings. The molecule has 1 aliphatic carbocycles. The maximum absolute atomic E-state index is 12.0. The van der Waals surface area contributed by atoms with Crippen LogP contribution in [0, 0.1) is 0 Å². The number of hydrogen-bond donors (Lipinski definition) is 2. The van der Waals surface area contributed by atoms with Crippen molar-refractivity contribution >= 4 is 15.8 Å². The molecule has 0 bridgehead atoms. The van der Waals surface area contributed by atoms with Gasteiger partial charge >= 0.3 is 0 Å². The van der Waals surface area contributed by atoms with Crippen molar-refractivity contribution in [3.05, 3.63) is 6.20 Å². The number of anilines is 1. The van der Waals surface area contributed by atoms with E-state index in [0.29, 0.717) is 19.4 Å². The lowest BCUT2D eigenvalue weighted by Crippen LogP contribution is -2.47. The summed E-state index contributed by atoms with van der Waals surface area (Å²) in [4.78, 5) is 0.0323. The minimum Gasteiger partial charge on any atom is -0.381 e. The third-order valence-corrected chi connectivity index (χ3v) is 4.47. The number of aryl methyl sites for hydroxylation is 1. The minimum atomic E-state index is -3.58. The number of rotatable bonds is 5. The average Bonchev–Trinajstić information content (AvgIpc) is 2.55. The summed E-state index contributed by atoms with van der Waals surface area (Å²) >= 11 is 0. The van der Waals surface area contributed by atoms with Crippen molar-refractivity contribution in [1.29, 1.82) is 0 Å². The minimum absolute atomic E-state index is 0.0191. The van der Waals surface area contributed by atoms with Crippen LogP contribution in [0.4, 0.5) is 5.82 Å². The number of nitrogens with one attached hydrogen (secondary N) is 1. The summed E-state index contributed by atoms with van der Waals surface area (Å²) in [6, 6.07) is -0.0776. The molecule has 1 saturated carbocycles. The highest BCUT2D eigenvalue weighted by Crippen LogP contribution is 2.26. The Bertz CT molecular complexity index is 519. The van der Waals surface area contributed by atoms with Crippen LogP contribution in [-0.2, 0) is 21.8 Å². The van der Waals surface area contributed by atoms with Gasteiger partial charge in [-0.3, -0.25) is 4.68 Å². The molecule has 8 heteroatoms. The summed E-state index contributed by atoms with van der Waals surface area (Å²) in [5.41, 5.74) is 5.56. The van der Waals surface area contributed by atoms with Crippen molar-refractivity contribution in [2.75, 3.05) is 12.3 Å². The Hall–Kier alpha value is -1.12. The van der Waals surface area contributed by atoms with Crippen LogP contribution in [0.1, 0.15) is 19.8 Å². The number of nitrogens with two attached hydrogens (primary N) is 1. The monoisotopic (exact) mass is 274 g/mol. The molecule has 7 nitrogen and oxygen atoms in total. The summed E-state index contributed by atoms with van der Waals surface area (Å²) in [6.45, 7) is 2.58. The van der Waals surface area contributed by atoms with E-state index in [-0.39, 0.29) is 22.9 Å². The molecular weight excluding hydrogens is 256 g/mol. The van der Waals surface area contributed by atoms with E-state index in [1.165, 1.54) is 10.9 Å². The zero-order valence-electron chi connectivity index (χ0n) is 10.5. The third kappa shape index (κ3) is 2.65. The first-order chi connectivity index (χ1) is 8.42. The van der Waals surface area contributed by atoms with Crippen LogP contribution in [0.2, 0.25) is 0 Å². The van der Waals surface area contributed by atoms with Gasteiger partial charge in [0.05, 0.1) is 6.10 Å². The second-order valence-corrected chi connectivity index (χ2v) is 6.10. The Balaban J connectivity index is 1.99. The van der Waals surface area contributed by atoms with E-state index >= 15 is 0 Å². The van der Waals surface area contributed by atoms with Crippen molar-refractivity contribution in [1.82, 2.24) is 14.5 Å². The third-order valence-electron chi connectivity index (χ3n) is 2.93. The molecule has 1 fully saturated rings. The van der Waals surface area contributed by atoms with Crippen molar-refractivity contribution in [3.8, 4) is 0 Å².